The first kappa shape index (κ1) is 21.7. The molecule has 2 heterocycles. The third kappa shape index (κ3) is 4.29. The molecule has 2 aliphatic rings. The van der Waals surface area contributed by atoms with Crippen LogP contribution < -0.4 is 11.1 Å². The molecule has 1 aliphatic heterocycles. The van der Waals surface area contributed by atoms with Crippen LogP contribution in [0.3, 0.4) is 0 Å². The van der Waals surface area contributed by atoms with Gasteiger partial charge in [0.25, 0.3) is 6.41 Å². The Morgan fingerprint density at radius 1 is 1.32 bits per heavy atom. The van der Waals surface area contributed by atoms with Gasteiger partial charge in [0.15, 0.2) is 5.76 Å². The van der Waals surface area contributed by atoms with Crippen molar-refractivity contribution in [1.29, 1.82) is 0 Å². The van der Waals surface area contributed by atoms with E-state index in [1.165, 1.54) is 24.1 Å². The predicted octanol–water partition coefficient (Wildman–Crippen LogP) is 4.86. The number of hydrogen-bond acceptors (Lipinski definition) is 7. The quantitative estimate of drug-likeness (QED) is 0.148. The zero-order valence-corrected chi connectivity index (χ0v) is 18.0. The Morgan fingerprint density at radius 3 is 2.77 bits per heavy atom. The Labute approximate surface area is 185 Å². The normalized spacial score (nSPS) is 19.8. The van der Waals surface area contributed by atoms with E-state index in [1.807, 2.05) is 6.07 Å². The standard InChI is InChI=1S/C22H21FN2O4.CH4S/c1-11(28-29-22(24)26)20-17-9-16-15-8-13(15)6-7-25-18(16)10-19(17)27-21(20)12-2-4-14(23)5-3-12;1-2/h2-5,9-10,13,15,22,25-26H,1,6-8,24H2;2H,1H3. The number of furan rings is 1. The summed E-state index contributed by atoms with van der Waals surface area (Å²) < 4.78 is 19.6. The summed E-state index contributed by atoms with van der Waals surface area (Å²) in [6.45, 7) is 4.86. The smallest absolute Gasteiger partial charge is 0.254 e. The lowest BCUT2D eigenvalue weighted by atomic mass is 10.00. The maximum Gasteiger partial charge on any atom is 0.254 e. The largest absolute Gasteiger partial charge is 0.455 e. The minimum Gasteiger partial charge on any atom is -0.455 e. The summed E-state index contributed by atoms with van der Waals surface area (Å²) in [7, 11) is 0. The fourth-order valence-corrected chi connectivity index (χ4v) is 4.19. The van der Waals surface area contributed by atoms with E-state index in [0.717, 1.165) is 24.0 Å². The van der Waals surface area contributed by atoms with Crippen LogP contribution in [0.1, 0.15) is 29.9 Å². The summed E-state index contributed by atoms with van der Waals surface area (Å²) in [6, 6.07) is 10.1. The van der Waals surface area contributed by atoms with Gasteiger partial charge in [-0.1, -0.05) is 6.58 Å². The molecule has 1 aromatic heterocycles. The number of thiol groups is 1. The Morgan fingerprint density at radius 2 is 2.06 bits per heavy atom. The molecule has 1 aliphatic carbocycles. The maximum absolute atomic E-state index is 13.4. The van der Waals surface area contributed by atoms with Crippen molar-refractivity contribution in [2.75, 3.05) is 18.1 Å². The molecule has 0 radical (unpaired) electrons. The third-order valence-electron chi connectivity index (χ3n) is 5.65. The van der Waals surface area contributed by atoms with Crippen LogP contribution in [0, 0.1) is 11.7 Å². The third-order valence-corrected chi connectivity index (χ3v) is 5.65. The highest BCUT2D eigenvalue weighted by atomic mass is 32.1. The number of anilines is 1. The molecule has 6 nitrogen and oxygen atoms in total. The summed E-state index contributed by atoms with van der Waals surface area (Å²) in [4.78, 5) is 9.80. The second-order valence-electron chi connectivity index (χ2n) is 7.56. The van der Waals surface area contributed by atoms with Crippen molar-refractivity contribution in [1.82, 2.24) is 0 Å². The Balaban J connectivity index is 0.00000112. The number of aliphatic hydroxyl groups is 1. The van der Waals surface area contributed by atoms with Crippen molar-refractivity contribution in [3.63, 3.8) is 0 Å². The van der Waals surface area contributed by atoms with Crippen LogP contribution in [-0.4, -0.2) is 24.3 Å². The lowest BCUT2D eigenvalue weighted by molar-refractivity contribution is -0.324. The molecule has 0 saturated heterocycles. The number of nitrogens with one attached hydrogen (secondary N) is 1. The van der Waals surface area contributed by atoms with Crippen molar-refractivity contribution in [2.45, 2.75) is 25.2 Å². The SMILES string of the molecule is C=C(OOC(N)O)c1c(-c2ccc(F)cc2)oc2cc3c(cc12)C1CC1CCN3.CS. The molecule has 4 N–H and O–H groups in total. The van der Waals surface area contributed by atoms with Gasteiger partial charge in [0.2, 0.25) is 0 Å². The summed E-state index contributed by atoms with van der Waals surface area (Å²) in [6.07, 6.45) is 2.44. The molecular formula is C23H25FN2O4S. The van der Waals surface area contributed by atoms with Gasteiger partial charge < -0.3 is 19.7 Å². The predicted molar refractivity (Wildman–Crippen MR) is 122 cm³/mol. The number of nitrogens with two attached hydrogens (primary N) is 1. The lowest BCUT2D eigenvalue weighted by Crippen LogP contribution is -2.22. The molecule has 0 amide bonds. The highest BCUT2D eigenvalue weighted by Crippen LogP contribution is 2.54. The van der Waals surface area contributed by atoms with Crippen molar-refractivity contribution in [3.8, 4) is 11.3 Å². The summed E-state index contributed by atoms with van der Waals surface area (Å²) in [5, 5.41) is 13.5. The van der Waals surface area contributed by atoms with E-state index >= 15 is 0 Å². The summed E-state index contributed by atoms with van der Waals surface area (Å²) in [5.74, 6) is 1.53. The fourth-order valence-electron chi connectivity index (χ4n) is 4.19. The van der Waals surface area contributed by atoms with Gasteiger partial charge in [0.05, 0.1) is 5.56 Å². The minimum atomic E-state index is -1.60. The molecule has 31 heavy (non-hydrogen) atoms. The topological polar surface area (TPSA) is 89.9 Å². The van der Waals surface area contributed by atoms with Crippen LogP contribution in [0.15, 0.2) is 47.4 Å². The van der Waals surface area contributed by atoms with Crippen LogP contribution >= 0.6 is 12.6 Å². The number of hydrogen-bond donors (Lipinski definition) is 4. The van der Waals surface area contributed by atoms with Gasteiger partial charge in [0, 0.05) is 29.2 Å². The second-order valence-corrected chi connectivity index (χ2v) is 7.56. The molecular weight excluding hydrogens is 419 g/mol. The van der Waals surface area contributed by atoms with Gasteiger partial charge in [-0.2, -0.15) is 12.6 Å². The van der Waals surface area contributed by atoms with Crippen LogP contribution in [-0.2, 0) is 9.78 Å². The van der Waals surface area contributed by atoms with Crippen LogP contribution in [0.2, 0.25) is 0 Å². The first-order valence-electron chi connectivity index (χ1n) is 10.0. The molecule has 3 aromatic rings. The Bertz CT molecular complexity index is 1100. The second kappa shape index (κ2) is 8.92. The minimum absolute atomic E-state index is 0.140. The number of fused-ring (bicyclic) bond motifs is 4. The number of aliphatic hydroxyl groups excluding tert-OH is 1. The highest BCUT2D eigenvalue weighted by molar-refractivity contribution is 7.79. The highest BCUT2D eigenvalue weighted by Gasteiger charge is 2.41. The van der Waals surface area contributed by atoms with Gasteiger partial charge in [-0.3, -0.25) is 5.73 Å². The Hall–Kier alpha value is -2.52. The van der Waals surface area contributed by atoms with Crippen LogP contribution in [0.5, 0.6) is 0 Å². The first-order valence-corrected chi connectivity index (χ1v) is 10.9. The van der Waals surface area contributed by atoms with Crippen molar-refractivity contribution >= 4 is 35.0 Å². The van der Waals surface area contributed by atoms with E-state index in [9.17, 15) is 9.50 Å². The summed E-state index contributed by atoms with van der Waals surface area (Å²) >= 11 is 3.53. The average molecular weight is 445 g/mol. The molecule has 0 bridgehead atoms. The average Bonchev–Trinajstić information content (AvgIpc) is 3.46. The number of halogens is 1. The zero-order chi connectivity index (χ0) is 22.1. The van der Waals surface area contributed by atoms with E-state index in [2.05, 4.69) is 35.5 Å². The molecule has 1 fully saturated rings. The van der Waals surface area contributed by atoms with Crippen LogP contribution in [0.4, 0.5) is 10.1 Å². The van der Waals surface area contributed by atoms with Gasteiger partial charge in [-0.25, -0.2) is 4.39 Å². The van der Waals surface area contributed by atoms with E-state index in [1.54, 1.807) is 18.4 Å². The van der Waals surface area contributed by atoms with Gasteiger partial charge >= 0.3 is 0 Å². The van der Waals surface area contributed by atoms with Gasteiger partial charge in [-0.15, -0.1) is 4.89 Å². The van der Waals surface area contributed by atoms with E-state index < -0.39 is 6.41 Å². The van der Waals surface area contributed by atoms with Crippen LogP contribution in [0.25, 0.3) is 28.1 Å². The molecule has 1 saturated carbocycles. The molecule has 164 valence electrons. The fraction of sp³-hybridized carbons (Fsp3) is 0.304. The Kier molecular flexibility index (Phi) is 6.24. The van der Waals surface area contributed by atoms with Crippen molar-refractivity contribution in [2.24, 2.45) is 11.7 Å². The number of benzene rings is 2. The first-order chi connectivity index (χ1) is 15.0. The molecule has 3 unspecified atom stereocenters. The summed E-state index contributed by atoms with van der Waals surface area (Å²) in [5.41, 5.74) is 9.43. The molecule has 8 heteroatoms. The molecule has 5 rings (SSSR count). The van der Waals surface area contributed by atoms with Crippen molar-refractivity contribution < 1.29 is 23.7 Å². The monoisotopic (exact) mass is 444 g/mol. The molecule has 3 atom stereocenters. The van der Waals surface area contributed by atoms with E-state index in [0.29, 0.717) is 34.3 Å². The maximum atomic E-state index is 13.4. The lowest BCUT2D eigenvalue weighted by Gasteiger charge is -2.11. The van der Waals surface area contributed by atoms with Gasteiger partial charge in [0.1, 0.15) is 17.2 Å². The van der Waals surface area contributed by atoms with E-state index in [-0.39, 0.29) is 11.6 Å². The molecule has 0 spiro atoms. The van der Waals surface area contributed by atoms with Crippen molar-refractivity contribution in [3.05, 3.63) is 59.9 Å². The van der Waals surface area contributed by atoms with Gasteiger partial charge in [-0.05, 0) is 66.8 Å². The number of rotatable bonds is 5. The zero-order valence-electron chi connectivity index (χ0n) is 17.1. The van der Waals surface area contributed by atoms with E-state index in [4.69, 9.17) is 15.0 Å². The molecule has 2 aromatic carbocycles.